The SMILES string of the molecule is O=S(=O)(c1cccc(C(F)(F)F)c1)N1CC(O)Cc2ccc(OCc3c(F)cccc3Cl)cc21. The van der Waals surface area contributed by atoms with Crippen LogP contribution in [0.1, 0.15) is 16.7 Å². The first-order valence-corrected chi connectivity index (χ1v) is 11.9. The van der Waals surface area contributed by atoms with Gasteiger partial charge >= 0.3 is 6.18 Å². The molecule has 0 radical (unpaired) electrons. The second kappa shape index (κ2) is 9.09. The molecule has 1 heterocycles. The van der Waals surface area contributed by atoms with Gasteiger partial charge in [0.25, 0.3) is 10.0 Å². The summed E-state index contributed by atoms with van der Waals surface area (Å²) < 4.78 is 86.5. The molecular formula is C23H18ClF4NO4S. The van der Waals surface area contributed by atoms with Crippen LogP contribution in [0.5, 0.6) is 5.75 Å². The van der Waals surface area contributed by atoms with E-state index >= 15 is 0 Å². The van der Waals surface area contributed by atoms with Crippen LogP contribution >= 0.6 is 11.6 Å². The highest BCUT2D eigenvalue weighted by Crippen LogP contribution is 2.37. The van der Waals surface area contributed by atoms with Crippen LogP contribution in [0.25, 0.3) is 0 Å². The van der Waals surface area contributed by atoms with E-state index in [2.05, 4.69) is 0 Å². The van der Waals surface area contributed by atoms with Crippen molar-refractivity contribution in [2.24, 2.45) is 0 Å². The van der Waals surface area contributed by atoms with E-state index in [1.165, 1.54) is 30.3 Å². The molecule has 11 heteroatoms. The van der Waals surface area contributed by atoms with E-state index in [1.807, 2.05) is 0 Å². The number of nitrogens with zero attached hydrogens (tertiary/aromatic N) is 1. The average molecular weight is 516 g/mol. The summed E-state index contributed by atoms with van der Waals surface area (Å²) in [5.41, 5.74) is -0.374. The molecule has 0 bridgehead atoms. The van der Waals surface area contributed by atoms with E-state index in [0.717, 1.165) is 22.5 Å². The van der Waals surface area contributed by atoms with Gasteiger partial charge in [0.2, 0.25) is 0 Å². The maximum atomic E-state index is 14.0. The number of aliphatic hydroxyl groups excluding tert-OH is 1. The fourth-order valence-corrected chi connectivity index (χ4v) is 5.46. The Morgan fingerprint density at radius 1 is 1.09 bits per heavy atom. The van der Waals surface area contributed by atoms with Crippen molar-refractivity contribution < 1.29 is 35.8 Å². The summed E-state index contributed by atoms with van der Waals surface area (Å²) in [4.78, 5) is -0.563. The van der Waals surface area contributed by atoms with Crippen molar-refractivity contribution in [2.75, 3.05) is 10.8 Å². The van der Waals surface area contributed by atoms with E-state index in [9.17, 15) is 31.1 Å². The molecule has 34 heavy (non-hydrogen) atoms. The first-order chi connectivity index (χ1) is 16.0. The van der Waals surface area contributed by atoms with Crippen molar-refractivity contribution in [2.45, 2.75) is 30.2 Å². The van der Waals surface area contributed by atoms with Crippen molar-refractivity contribution in [1.82, 2.24) is 0 Å². The summed E-state index contributed by atoms with van der Waals surface area (Å²) in [6.45, 7) is -0.582. The third kappa shape index (κ3) is 4.84. The van der Waals surface area contributed by atoms with Crippen molar-refractivity contribution in [3.8, 4) is 5.75 Å². The van der Waals surface area contributed by atoms with Gasteiger partial charge in [-0.1, -0.05) is 29.8 Å². The molecule has 0 saturated heterocycles. The highest BCUT2D eigenvalue weighted by Gasteiger charge is 2.36. The molecule has 0 saturated carbocycles. The predicted octanol–water partition coefficient (Wildman–Crippen LogP) is 5.19. The number of aliphatic hydroxyl groups is 1. The lowest BCUT2D eigenvalue weighted by atomic mass is 10.0. The molecule has 1 aliphatic rings. The molecular weight excluding hydrogens is 498 g/mol. The molecule has 0 aromatic heterocycles. The molecule has 0 fully saturated rings. The number of anilines is 1. The normalized spacial score (nSPS) is 16.3. The van der Waals surface area contributed by atoms with Crippen molar-refractivity contribution in [3.05, 3.63) is 88.2 Å². The summed E-state index contributed by atoms with van der Waals surface area (Å²) in [7, 11) is -4.45. The van der Waals surface area contributed by atoms with Gasteiger partial charge in [0.05, 0.1) is 33.8 Å². The summed E-state index contributed by atoms with van der Waals surface area (Å²) in [5, 5.41) is 10.4. The Labute approximate surface area is 198 Å². The quantitative estimate of drug-likeness (QED) is 0.475. The van der Waals surface area contributed by atoms with Gasteiger partial charge in [0.15, 0.2) is 0 Å². The third-order valence-corrected chi connectivity index (χ3v) is 7.48. The third-order valence-electron chi connectivity index (χ3n) is 5.35. The van der Waals surface area contributed by atoms with Crippen LogP contribution in [0.3, 0.4) is 0 Å². The zero-order chi connectivity index (χ0) is 24.7. The van der Waals surface area contributed by atoms with Gasteiger partial charge in [-0.25, -0.2) is 12.8 Å². The largest absolute Gasteiger partial charge is 0.489 e. The Hall–Kier alpha value is -2.82. The number of hydrogen-bond donors (Lipinski definition) is 1. The molecule has 180 valence electrons. The minimum Gasteiger partial charge on any atom is -0.489 e. The van der Waals surface area contributed by atoms with Crippen LogP contribution in [0.2, 0.25) is 5.02 Å². The van der Waals surface area contributed by atoms with Crippen LogP contribution in [-0.4, -0.2) is 26.2 Å². The zero-order valence-electron chi connectivity index (χ0n) is 17.4. The van der Waals surface area contributed by atoms with E-state index in [1.54, 1.807) is 6.07 Å². The Balaban J connectivity index is 1.69. The number of hydrogen-bond acceptors (Lipinski definition) is 4. The van der Waals surface area contributed by atoms with Crippen molar-refractivity contribution in [3.63, 3.8) is 0 Å². The van der Waals surface area contributed by atoms with Crippen molar-refractivity contribution >= 4 is 27.3 Å². The fourth-order valence-electron chi connectivity index (χ4n) is 3.66. The monoisotopic (exact) mass is 515 g/mol. The van der Waals surface area contributed by atoms with Gasteiger partial charge in [-0.05, 0) is 42.0 Å². The summed E-state index contributed by atoms with van der Waals surface area (Å²) in [6, 6.07) is 12.0. The first-order valence-electron chi connectivity index (χ1n) is 10.0. The van der Waals surface area contributed by atoms with E-state index < -0.39 is 38.6 Å². The molecule has 1 aliphatic heterocycles. The molecule has 3 aromatic rings. The predicted molar refractivity (Wildman–Crippen MR) is 118 cm³/mol. The summed E-state index contributed by atoms with van der Waals surface area (Å²) >= 11 is 6.01. The number of β-amino-alcohol motifs (C(OH)–C–C–N with tert-alkyl or cyclic N) is 1. The number of alkyl halides is 3. The Kier molecular flexibility index (Phi) is 6.50. The summed E-state index contributed by atoms with van der Waals surface area (Å²) in [6.07, 6.45) is -5.64. The number of benzene rings is 3. The molecule has 0 spiro atoms. The van der Waals surface area contributed by atoms with E-state index in [0.29, 0.717) is 11.6 Å². The van der Waals surface area contributed by atoms with Gasteiger partial charge in [-0.2, -0.15) is 13.2 Å². The van der Waals surface area contributed by atoms with Crippen LogP contribution < -0.4 is 9.04 Å². The van der Waals surface area contributed by atoms with Gasteiger partial charge < -0.3 is 9.84 Å². The fraction of sp³-hybridized carbons (Fsp3) is 0.217. The highest BCUT2D eigenvalue weighted by atomic mass is 35.5. The molecule has 4 rings (SSSR count). The van der Waals surface area contributed by atoms with Gasteiger partial charge in [0.1, 0.15) is 18.2 Å². The molecule has 3 aromatic carbocycles. The minimum absolute atomic E-state index is 0.116. The number of rotatable bonds is 5. The first kappa shape index (κ1) is 24.3. The van der Waals surface area contributed by atoms with Crippen molar-refractivity contribution in [1.29, 1.82) is 0 Å². The topological polar surface area (TPSA) is 66.8 Å². The number of fused-ring (bicyclic) bond motifs is 1. The second-order valence-electron chi connectivity index (χ2n) is 7.70. The number of ether oxygens (including phenoxy) is 1. The number of halogens is 5. The van der Waals surface area contributed by atoms with Gasteiger partial charge in [0, 0.05) is 18.1 Å². The zero-order valence-corrected chi connectivity index (χ0v) is 19.0. The van der Waals surface area contributed by atoms with Crippen LogP contribution in [0.4, 0.5) is 23.2 Å². The second-order valence-corrected chi connectivity index (χ2v) is 9.97. The molecule has 0 amide bonds. The van der Waals surface area contributed by atoms with Gasteiger partial charge in [-0.3, -0.25) is 4.31 Å². The lowest BCUT2D eigenvalue weighted by molar-refractivity contribution is -0.137. The van der Waals surface area contributed by atoms with Crippen LogP contribution in [-0.2, 0) is 29.2 Å². The van der Waals surface area contributed by atoms with Crippen LogP contribution in [0, 0.1) is 5.82 Å². The molecule has 5 nitrogen and oxygen atoms in total. The molecule has 0 aliphatic carbocycles. The Morgan fingerprint density at radius 3 is 2.53 bits per heavy atom. The Bertz CT molecular complexity index is 1310. The van der Waals surface area contributed by atoms with Crippen LogP contribution in [0.15, 0.2) is 65.6 Å². The lowest BCUT2D eigenvalue weighted by Gasteiger charge is -2.33. The molecule has 1 unspecified atom stereocenters. The lowest BCUT2D eigenvalue weighted by Crippen LogP contribution is -2.42. The van der Waals surface area contributed by atoms with E-state index in [-0.39, 0.29) is 41.6 Å². The maximum Gasteiger partial charge on any atom is 0.416 e. The van der Waals surface area contributed by atoms with E-state index in [4.69, 9.17) is 16.3 Å². The average Bonchev–Trinajstić information content (AvgIpc) is 2.78. The maximum absolute atomic E-state index is 14.0. The summed E-state index contributed by atoms with van der Waals surface area (Å²) in [5.74, 6) is -0.374. The highest BCUT2D eigenvalue weighted by molar-refractivity contribution is 7.92. The number of sulfonamides is 1. The molecule has 1 atom stereocenters. The van der Waals surface area contributed by atoms with Gasteiger partial charge in [-0.15, -0.1) is 0 Å². The standard InChI is InChI=1S/C23H18ClF4NO4S/c24-20-5-2-6-21(25)19(20)13-33-17-8-7-14-9-16(30)12-29(22(14)11-17)34(31,32)18-4-1-3-15(10-18)23(26,27)28/h1-8,10-11,16,30H,9,12-13H2. The smallest absolute Gasteiger partial charge is 0.416 e. The molecule has 1 N–H and O–H groups in total. The Morgan fingerprint density at radius 2 is 1.82 bits per heavy atom. The minimum atomic E-state index is -4.72.